The molecule has 0 unspecified atom stereocenters. The van der Waals surface area contributed by atoms with E-state index in [2.05, 4.69) is 0 Å². The molecule has 0 radical (unpaired) electrons. The van der Waals surface area contributed by atoms with Crippen molar-refractivity contribution in [3.05, 3.63) is 68.1 Å². The first-order valence-corrected chi connectivity index (χ1v) is 6.04. The number of hydrogen-bond donors (Lipinski definition) is 2. The van der Waals surface area contributed by atoms with E-state index in [4.69, 9.17) is 0 Å². The summed E-state index contributed by atoms with van der Waals surface area (Å²) in [6.07, 6.45) is -4.22. The standard InChI is InChI=1S/C13H8F3N3O4/c14-13(15,16)8-5-10(12(21)17-6-8)18-11(20)7-2-1-3-9(4-7)19(22)23/h1-6H,(H,17,21)(H,18,20). The third-order valence-corrected chi connectivity index (χ3v) is 2.80. The topological polar surface area (TPSA) is 105 Å². The number of aromatic amines is 1. The van der Waals surface area contributed by atoms with Crippen LogP contribution in [0.15, 0.2) is 41.3 Å². The van der Waals surface area contributed by atoms with Crippen molar-refractivity contribution in [2.75, 3.05) is 5.32 Å². The maximum atomic E-state index is 12.6. The van der Waals surface area contributed by atoms with Crippen molar-refractivity contribution in [3.63, 3.8) is 0 Å². The summed E-state index contributed by atoms with van der Waals surface area (Å²) >= 11 is 0. The van der Waals surface area contributed by atoms with Crippen LogP contribution in [0.1, 0.15) is 15.9 Å². The number of carbonyl (C=O) groups is 1. The van der Waals surface area contributed by atoms with Crippen molar-refractivity contribution >= 4 is 17.3 Å². The van der Waals surface area contributed by atoms with E-state index < -0.39 is 33.8 Å². The Hall–Kier alpha value is -3.17. The van der Waals surface area contributed by atoms with Gasteiger partial charge in [0.2, 0.25) is 0 Å². The Labute approximate surface area is 125 Å². The number of carbonyl (C=O) groups excluding carboxylic acids is 1. The number of anilines is 1. The highest BCUT2D eigenvalue weighted by Crippen LogP contribution is 2.29. The molecule has 7 nitrogen and oxygen atoms in total. The number of rotatable bonds is 3. The van der Waals surface area contributed by atoms with Crippen molar-refractivity contribution in [1.82, 2.24) is 4.98 Å². The predicted octanol–water partition coefficient (Wildman–Crippen LogP) is 2.55. The molecule has 1 heterocycles. The Morgan fingerprint density at radius 1 is 1.26 bits per heavy atom. The van der Waals surface area contributed by atoms with Gasteiger partial charge in [-0.15, -0.1) is 0 Å². The van der Waals surface area contributed by atoms with Gasteiger partial charge < -0.3 is 10.3 Å². The van der Waals surface area contributed by atoms with E-state index in [1.54, 1.807) is 0 Å². The molecule has 1 aromatic carbocycles. The summed E-state index contributed by atoms with van der Waals surface area (Å²) in [5.74, 6) is -0.946. The van der Waals surface area contributed by atoms with Gasteiger partial charge in [-0.2, -0.15) is 13.2 Å². The number of nitro benzene ring substituents is 1. The van der Waals surface area contributed by atoms with Gasteiger partial charge in [0.15, 0.2) is 0 Å². The lowest BCUT2D eigenvalue weighted by Gasteiger charge is -2.09. The number of nitrogens with zero attached hydrogens (tertiary/aromatic N) is 1. The molecule has 0 fully saturated rings. The van der Waals surface area contributed by atoms with Crippen LogP contribution in [0.5, 0.6) is 0 Å². The van der Waals surface area contributed by atoms with Crippen LogP contribution in [-0.2, 0) is 6.18 Å². The largest absolute Gasteiger partial charge is 0.417 e. The summed E-state index contributed by atoms with van der Waals surface area (Å²) in [5, 5.41) is 12.6. The molecule has 0 bridgehead atoms. The van der Waals surface area contributed by atoms with E-state index in [9.17, 15) is 32.9 Å². The van der Waals surface area contributed by atoms with E-state index >= 15 is 0 Å². The highest BCUT2D eigenvalue weighted by atomic mass is 19.4. The van der Waals surface area contributed by atoms with Gasteiger partial charge in [-0.05, 0) is 12.1 Å². The van der Waals surface area contributed by atoms with Gasteiger partial charge in [-0.25, -0.2) is 0 Å². The Morgan fingerprint density at radius 2 is 1.96 bits per heavy atom. The minimum Gasteiger partial charge on any atom is -0.327 e. The number of nitrogens with one attached hydrogen (secondary N) is 2. The lowest BCUT2D eigenvalue weighted by atomic mass is 10.2. The number of halogens is 3. The van der Waals surface area contributed by atoms with Crippen LogP contribution >= 0.6 is 0 Å². The Kier molecular flexibility index (Phi) is 4.16. The lowest BCUT2D eigenvalue weighted by Crippen LogP contribution is -2.21. The fraction of sp³-hybridized carbons (Fsp3) is 0.0769. The minimum atomic E-state index is -4.70. The molecule has 23 heavy (non-hydrogen) atoms. The van der Waals surface area contributed by atoms with Gasteiger partial charge in [0, 0.05) is 23.9 Å². The zero-order chi connectivity index (χ0) is 17.2. The highest BCUT2D eigenvalue weighted by Gasteiger charge is 2.31. The van der Waals surface area contributed by atoms with Gasteiger partial charge in [0.25, 0.3) is 17.2 Å². The van der Waals surface area contributed by atoms with Crippen molar-refractivity contribution in [1.29, 1.82) is 0 Å². The molecular weight excluding hydrogens is 319 g/mol. The van der Waals surface area contributed by atoms with E-state index in [1.807, 2.05) is 10.3 Å². The SMILES string of the molecule is O=C(Nc1cc(C(F)(F)F)c[nH]c1=O)c1cccc([N+](=O)[O-])c1. The molecule has 2 N–H and O–H groups in total. The average Bonchev–Trinajstić information content (AvgIpc) is 2.48. The molecular formula is C13H8F3N3O4. The molecule has 0 aliphatic rings. The second kappa shape index (κ2) is 5.91. The van der Waals surface area contributed by atoms with E-state index in [1.165, 1.54) is 12.1 Å². The first-order chi connectivity index (χ1) is 10.7. The quantitative estimate of drug-likeness (QED) is 0.667. The molecule has 0 atom stereocenters. The number of amides is 1. The Morgan fingerprint density at radius 3 is 2.57 bits per heavy atom. The third kappa shape index (κ3) is 3.73. The van der Waals surface area contributed by atoms with Crippen LogP contribution in [-0.4, -0.2) is 15.8 Å². The summed E-state index contributed by atoms with van der Waals surface area (Å²) in [5.41, 5.74) is -3.23. The van der Waals surface area contributed by atoms with E-state index in [-0.39, 0.29) is 11.3 Å². The number of nitro groups is 1. The number of alkyl halides is 3. The van der Waals surface area contributed by atoms with Crippen molar-refractivity contribution < 1.29 is 22.9 Å². The molecule has 1 aromatic heterocycles. The molecule has 120 valence electrons. The summed E-state index contributed by atoms with van der Waals surface area (Å²) in [4.78, 5) is 35.2. The summed E-state index contributed by atoms with van der Waals surface area (Å²) in [7, 11) is 0. The van der Waals surface area contributed by atoms with Crippen LogP contribution in [0.2, 0.25) is 0 Å². The second-order valence-corrected chi connectivity index (χ2v) is 4.39. The molecule has 2 aromatic rings. The third-order valence-electron chi connectivity index (χ3n) is 2.80. The molecule has 2 rings (SSSR count). The van der Waals surface area contributed by atoms with Gasteiger partial charge in [0.05, 0.1) is 10.5 Å². The first kappa shape index (κ1) is 16.2. The summed E-state index contributed by atoms with van der Waals surface area (Å²) in [6, 6.07) is 5.03. The smallest absolute Gasteiger partial charge is 0.327 e. The maximum absolute atomic E-state index is 12.6. The molecule has 0 saturated heterocycles. The average molecular weight is 327 g/mol. The number of non-ortho nitro benzene ring substituents is 1. The molecule has 0 aliphatic carbocycles. The van der Waals surface area contributed by atoms with Crippen molar-refractivity contribution in [3.8, 4) is 0 Å². The monoisotopic (exact) mass is 327 g/mol. The Bertz CT molecular complexity index is 830. The highest BCUT2D eigenvalue weighted by molar-refractivity contribution is 6.04. The van der Waals surface area contributed by atoms with E-state index in [0.29, 0.717) is 12.3 Å². The fourth-order valence-electron chi connectivity index (χ4n) is 1.70. The Balaban J connectivity index is 2.32. The van der Waals surface area contributed by atoms with Crippen LogP contribution < -0.4 is 10.9 Å². The van der Waals surface area contributed by atoms with Gasteiger partial charge in [-0.3, -0.25) is 19.7 Å². The van der Waals surface area contributed by atoms with Gasteiger partial charge in [-0.1, -0.05) is 6.07 Å². The number of benzene rings is 1. The molecule has 0 saturated carbocycles. The number of H-pyrrole nitrogens is 1. The lowest BCUT2D eigenvalue weighted by molar-refractivity contribution is -0.384. The van der Waals surface area contributed by atoms with Crippen LogP contribution in [0.4, 0.5) is 24.5 Å². The van der Waals surface area contributed by atoms with Crippen molar-refractivity contribution in [2.24, 2.45) is 0 Å². The zero-order valence-electron chi connectivity index (χ0n) is 11.2. The molecule has 0 aliphatic heterocycles. The minimum absolute atomic E-state index is 0.170. The predicted molar refractivity (Wildman–Crippen MR) is 73.1 cm³/mol. The van der Waals surface area contributed by atoms with Gasteiger partial charge >= 0.3 is 6.18 Å². The van der Waals surface area contributed by atoms with Crippen molar-refractivity contribution in [2.45, 2.75) is 6.18 Å². The first-order valence-electron chi connectivity index (χ1n) is 6.04. The van der Waals surface area contributed by atoms with Crippen LogP contribution in [0.3, 0.4) is 0 Å². The summed E-state index contributed by atoms with van der Waals surface area (Å²) in [6.45, 7) is 0. The maximum Gasteiger partial charge on any atom is 0.417 e. The van der Waals surface area contributed by atoms with Crippen LogP contribution in [0, 0.1) is 10.1 Å². The molecule has 0 spiro atoms. The fourth-order valence-corrected chi connectivity index (χ4v) is 1.70. The normalized spacial score (nSPS) is 11.1. The summed E-state index contributed by atoms with van der Waals surface area (Å²) < 4.78 is 37.8. The van der Waals surface area contributed by atoms with Crippen LogP contribution in [0.25, 0.3) is 0 Å². The molecule has 10 heteroatoms. The second-order valence-electron chi connectivity index (χ2n) is 4.39. The van der Waals surface area contributed by atoms with Gasteiger partial charge in [0.1, 0.15) is 5.69 Å². The molecule has 1 amide bonds. The number of hydrogen-bond acceptors (Lipinski definition) is 4. The number of aromatic nitrogens is 1. The zero-order valence-corrected chi connectivity index (χ0v) is 11.2. The van der Waals surface area contributed by atoms with E-state index in [0.717, 1.165) is 12.1 Å². The number of pyridine rings is 1.